The molecule has 0 fully saturated rings. The van der Waals surface area contributed by atoms with Crippen LogP contribution in [0.25, 0.3) is 0 Å². The lowest BCUT2D eigenvalue weighted by atomic mass is 10.0. The van der Waals surface area contributed by atoms with Gasteiger partial charge in [0.05, 0.1) is 0 Å². The molecule has 0 saturated carbocycles. The summed E-state index contributed by atoms with van der Waals surface area (Å²) in [5.74, 6) is 0.216. The van der Waals surface area contributed by atoms with Crippen molar-refractivity contribution in [1.29, 1.82) is 0 Å². The summed E-state index contributed by atoms with van der Waals surface area (Å²) >= 11 is 0. The predicted octanol–water partition coefficient (Wildman–Crippen LogP) is 2.36. The smallest absolute Gasteiger partial charge is 0.396 e. The normalized spacial score (nSPS) is 13.1. The van der Waals surface area contributed by atoms with Gasteiger partial charge in [0.15, 0.2) is 5.69 Å². The van der Waals surface area contributed by atoms with E-state index in [2.05, 4.69) is 20.6 Å². The highest BCUT2D eigenvalue weighted by atomic mass is 19.4. The van der Waals surface area contributed by atoms with E-state index in [1.807, 2.05) is 6.92 Å². The summed E-state index contributed by atoms with van der Waals surface area (Å²) in [6.45, 7) is 2.47. The van der Waals surface area contributed by atoms with Crippen LogP contribution in [0.1, 0.15) is 25.5 Å². The molecule has 0 aromatic carbocycles. The van der Waals surface area contributed by atoms with Gasteiger partial charge in [0.2, 0.25) is 5.95 Å². The number of alkyl halides is 3. The first kappa shape index (κ1) is 16.5. The fourth-order valence-corrected chi connectivity index (χ4v) is 1.68. The lowest BCUT2D eigenvalue weighted by Crippen LogP contribution is -2.18. The van der Waals surface area contributed by atoms with Gasteiger partial charge in [-0.2, -0.15) is 18.2 Å². The SMILES string of the molecule is CCC(CCO)CNc1cc(C(F)(F)F)nc(NC)n1. The Labute approximate surface area is 115 Å². The second kappa shape index (κ2) is 7.28. The summed E-state index contributed by atoms with van der Waals surface area (Å²) in [6.07, 6.45) is -3.09. The maximum absolute atomic E-state index is 12.7. The lowest BCUT2D eigenvalue weighted by Gasteiger charge is -2.16. The van der Waals surface area contributed by atoms with Gasteiger partial charge in [-0.15, -0.1) is 0 Å². The van der Waals surface area contributed by atoms with Gasteiger partial charge in [-0.1, -0.05) is 13.3 Å². The number of aromatic nitrogens is 2. The van der Waals surface area contributed by atoms with E-state index in [1.54, 1.807) is 0 Å². The molecule has 0 spiro atoms. The van der Waals surface area contributed by atoms with Crippen molar-refractivity contribution >= 4 is 11.8 Å². The maximum atomic E-state index is 12.7. The molecule has 1 unspecified atom stereocenters. The average Bonchev–Trinajstić information content (AvgIpc) is 2.42. The van der Waals surface area contributed by atoms with Crippen LogP contribution in [-0.2, 0) is 6.18 Å². The second-order valence-electron chi connectivity index (χ2n) is 4.38. The number of halogens is 3. The highest BCUT2D eigenvalue weighted by molar-refractivity contribution is 5.42. The molecule has 3 N–H and O–H groups in total. The van der Waals surface area contributed by atoms with Gasteiger partial charge in [-0.3, -0.25) is 0 Å². The molecular weight excluding hydrogens is 273 g/mol. The van der Waals surface area contributed by atoms with Crippen molar-refractivity contribution in [3.63, 3.8) is 0 Å². The Morgan fingerprint density at radius 3 is 2.55 bits per heavy atom. The van der Waals surface area contributed by atoms with Crippen molar-refractivity contribution in [2.45, 2.75) is 25.9 Å². The van der Waals surface area contributed by atoms with E-state index in [1.165, 1.54) is 7.05 Å². The lowest BCUT2D eigenvalue weighted by molar-refractivity contribution is -0.141. The first-order valence-corrected chi connectivity index (χ1v) is 6.39. The van der Waals surface area contributed by atoms with Gasteiger partial charge >= 0.3 is 6.18 Å². The van der Waals surface area contributed by atoms with Crippen molar-refractivity contribution in [2.75, 3.05) is 30.8 Å². The molecule has 0 bridgehead atoms. The maximum Gasteiger partial charge on any atom is 0.433 e. The average molecular weight is 292 g/mol. The van der Waals surface area contributed by atoms with Gasteiger partial charge in [-0.25, -0.2) is 4.98 Å². The zero-order valence-corrected chi connectivity index (χ0v) is 11.5. The van der Waals surface area contributed by atoms with Crippen LogP contribution in [0, 0.1) is 5.92 Å². The zero-order valence-electron chi connectivity index (χ0n) is 11.5. The van der Waals surface area contributed by atoms with E-state index < -0.39 is 11.9 Å². The van der Waals surface area contributed by atoms with E-state index in [0.717, 1.165) is 12.5 Å². The summed E-state index contributed by atoms with van der Waals surface area (Å²) in [4.78, 5) is 7.32. The van der Waals surface area contributed by atoms with E-state index in [-0.39, 0.29) is 24.3 Å². The largest absolute Gasteiger partial charge is 0.433 e. The topological polar surface area (TPSA) is 70.1 Å². The Morgan fingerprint density at radius 2 is 2.05 bits per heavy atom. The summed E-state index contributed by atoms with van der Waals surface area (Å²) in [5, 5.41) is 14.3. The van der Waals surface area contributed by atoms with Gasteiger partial charge in [0, 0.05) is 26.3 Å². The van der Waals surface area contributed by atoms with Gasteiger partial charge in [-0.05, 0) is 12.3 Å². The number of nitrogens with one attached hydrogen (secondary N) is 2. The summed E-state index contributed by atoms with van der Waals surface area (Å²) in [6, 6.07) is 0.881. The first-order valence-electron chi connectivity index (χ1n) is 6.39. The van der Waals surface area contributed by atoms with E-state index in [4.69, 9.17) is 5.11 Å². The molecule has 114 valence electrons. The number of aliphatic hydroxyl groups is 1. The molecule has 20 heavy (non-hydrogen) atoms. The van der Waals surface area contributed by atoms with Gasteiger partial charge in [0.1, 0.15) is 5.82 Å². The Balaban J connectivity index is 2.84. The molecule has 0 radical (unpaired) electrons. The highest BCUT2D eigenvalue weighted by Gasteiger charge is 2.33. The fraction of sp³-hybridized carbons (Fsp3) is 0.667. The Morgan fingerprint density at radius 1 is 1.35 bits per heavy atom. The highest BCUT2D eigenvalue weighted by Crippen LogP contribution is 2.29. The number of anilines is 2. The van der Waals surface area contributed by atoms with E-state index in [9.17, 15) is 13.2 Å². The third kappa shape index (κ3) is 4.84. The summed E-state index contributed by atoms with van der Waals surface area (Å²) in [7, 11) is 1.46. The van der Waals surface area contributed by atoms with E-state index in [0.29, 0.717) is 13.0 Å². The Kier molecular flexibility index (Phi) is 6.00. The third-order valence-electron chi connectivity index (χ3n) is 2.93. The summed E-state index contributed by atoms with van der Waals surface area (Å²) < 4.78 is 38.1. The number of nitrogens with zero attached hydrogens (tertiary/aromatic N) is 2. The van der Waals surface area contributed by atoms with Crippen molar-refractivity contribution in [3.05, 3.63) is 11.8 Å². The molecule has 0 saturated heterocycles. The molecule has 1 aromatic heterocycles. The minimum atomic E-state index is -4.51. The van der Waals surface area contributed by atoms with Crippen LogP contribution < -0.4 is 10.6 Å². The van der Waals surface area contributed by atoms with Gasteiger partial charge < -0.3 is 15.7 Å². The van der Waals surface area contributed by atoms with Crippen LogP contribution in [0.15, 0.2) is 6.07 Å². The van der Waals surface area contributed by atoms with E-state index >= 15 is 0 Å². The minimum absolute atomic E-state index is 0.0551. The van der Waals surface area contributed by atoms with Crippen LogP contribution in [0.2, 0.25) is 0 Å². The number of hydrogen-bond donors (Lipinski definition) is 3. The minimum Gasteiger partial charge on any atom is -0.396 e. The molecule has 1 aromatic rings. The van der Waals surface area contributed by atoms with Crippen molar-refractivity contribution in [2.24, 2.45) is 5.92 Å². The second-order valence-corrected chi connectivity index (χ2v) is 4.38. The number of aliphatic hydroxyl groups excluding tert-OH is 1. The van der Waals surface area contributed by atoms with Crippen molar-refractivity contribution in [3.8, 4) is 0 Å². The van der Waals surface area contributed by atoms with Crippen molar-refractivity contribution in [1.82, 2.24) is 9.97 Å². The first-order chi connectivity index (χ1) is 9.40. The Bertz CT molecular complexity index is 426. The fourth-order valence-electron chi connectivity index (χ4n) is 1.68. The van der Waals surface area contributed by atoms with Crippen molar-refractivity contribution < 1.29 is 18.3 Å². The molecule has 0 amide bonds. The number of hydrogen-bond acceptors (Lipinski definition) is 5. The molecule has 5 nitrogen and oxygen atoms in total. The van der Waals surface area contributed by atoms with Crippen LogP contribution in [0.3, 0.4) is 0 Å². The van der Waals surface area contributed by atoms with Crippen LogP contribution >= 0.6 is 0 Å². The monoisotopic (exact) mass is 292 g/mol. The zero-order chi connectivity index (χ0) is 15.2. The molecule has 8 heteroatoms. The molecule has 1 atom stereocenters. The standard InChI is InChI=1S/C12H19F3N4O/c1-3-8(4-5-20)7-17-10-6-9(12(13,14)15)18-11(16-2)19-10/h6,8,20H,3-5,7H2,1-2H3,(H2,16,17,18,19). The Hall–Kier alpha value is -1.57. The quantitative estimate of drug-likeness (QED) is 0.719. The van der Waals surface area contributed by atoms with Crippen LogP contribution in [-0.4, -0.2) is 35.3 Å². The molecular formula is C12H19F3N4O. The predicted molar refractivity (Wildman–Crippen MR) is 70.6 cm³/mol. The number of rotatable bonds is 7. The molecule has 1 heterocycles. The van der Waals surface area contributed by atoms with Crippen LogP contribution in [0.5, 0.6) is 0 Å². The third-order valence-corrected chi connectivity index (χ3v) is 2.93. The molecule has 0 aliphatic carbocycles. The van der Waals surface area contributed by atoms with Crippen LogP contribution in [0.4, 0.5) is 24.9 Å². The summed E-state index contributed by atoms with van der Waals surface area (Å²) in [5.41, 5.74) is -0.991. The molecule has 1 rings (SSSR count). The molecule has 0 aliphatic rings. The van der Waals surface area contributed by atoms with Gasteiger partial charge in [0.25, 0.3) is 0 Å². The molecule has 0 aliphatic heterocycles.